The van der Waals surface area contributed by atoms with Crippen molar-refractivity contribution in [3.05, 3.63) is 53.7 Å². The van der Waals surface area contributed by atoms with Gasteiger partial charge in [-0.1, -0.05) is 6.07 Å². The molecule has 0 saturated carbocycles. The molecule has 0 aliphatic carbocycles. The molecular formula is C19H21N5O2. The van der Waals surface area contributed by atoms with Crippen LogP contribution in [-0.4, -0.2) is 57.3 Å². The van der Waals surface area contributed by atoms with Crippen LogP contribution < -0.4 is 0 Å². The summed E-state index contributed by atoms with van der Waals surface area (Å²) < 4.78 is 5.75. The molecule has 134 valence electrons. The Kier molecular flexibility index (Phi) is 4.62. The van der Waals surface area contributed by atoms with E-state index in [1.807, 2.05) is 17.2 Å². The summed E-state index contributed by atoms with van der Waals surface area (Å²) in [5.41, 5.74) is 2.69. The molecule has 3 heterocycles. The van der Waals surface area contributed by atoms with Crippen molar-refractivity contribution >= 4 is 16.8 Å². The molecule has 1 N–H and O–H groups in total. The summed E-state index contributed by atoms with van der Waals surface area (Å²) >= 11 is 0. The first-order chi connectivity index (χ1) is 12.7. The number of hydrogen-bond acceptors (Lipinski definition) is 5. The van der Waals surface area contributed by atoms with Crippen LogP contribution in [0.25, 0.3) is 10.9 Å². The Morgan fingerprint density at radius 2 is 2.31 bits per heavy atom. The molecule has 3 aromatic rings. The standard InChI is InChI=1S/C19H21N5O2/c1-13-20-5-4-18(22-13)19(25)24-6-7-26-12-15(11-24)8-14-2-3-17-16(9-14)10-21-23-17/h2-5,9-10,15H,6-8,11-12H2,1H3,(H,21,23). The van der Waals surface area contributed by atoms with E-state index in [-0.39, 0.29) is 11.8 Å². The molecule has 1 fully saturated rings. The van der Waals surface area contributed by atoms with Crippen molar-refractivity contribution in [3.63, 3.8) is 0 Å². The second-order valence-electron chi connectivity index (χ2n) is 6.68. The fraction of sp³-hybridized carbons (Fsp3) is 0.368. The molecule has 1 aliphatic rings. The van der Waals surface area contributed by atoms with Crippen LogP contribution >= 0.6 is 0 Å². The van der Waals surface area contributed by atoms with Gasteiger partial charge in [0.05, 0.1) is 24.9 Å². The molecule has 7 nitrogen and oxygen atoms in total. The molecular weight excluding hydrogens is 330 g/mol. The lowest BCUT2D eigenvalue weighted by molar-refractivity contribution is 0.0731. The molecule has 1 aromatic carbocycles. The fourth-order valence-corrected chi connectivity index (χ4v) is 3.38. The highest BCUT2D eigenvalue weighted by Gasteiger charge is 2.24. The van der Waals surface area contributed by atoms with Crippen molar-refractivity contribution in [1.29, 1.82) is 0 Å². The van der Waals surface area contributed by atoms with E-state index in [1.54, 1.807) is 19.2 Å². The quantitative estimate of drug-likeness (QED) is 0.780. The second kappa shape index (κ2) is 7.21. The fourth-order valence-electron chi connectivity index (χ4n) is 3.38. The largest absolute Gasteiger partial charge is 0.379 e. The van der Waals surface area contributed by atoms with Gasteiger partial charge in [-0.25, -0.2) is 9.97 Å². The first-order valence-corrected chi connectivity index (χ1v) is 8.78. The molecule has 1 amide bonds. The first-order valence-electron chi connectivity index (χ1n) is 8.78. The highest BCUT2D eigenvalue weighted by Crippen LogP contribution is 2.19. The van der Waals surface area contributed by atoms with Crippen LogP contribution in [0, 0.1) is 12.8 Å². The molecule has 0 spiro atoms. The van der Waals surface area contributed by atoms with Gasteiger partial charge in [0.25, 0.3) is 5.91 Å². The van der Waals surface area contributed by atoms with E-state index in [0.29, 0.717) is 37.8 Å². The minimum absolute atomic E-state index is 0.0590. The average Bonchev–Trinajstić information content (AvgIpc) is 2.99. The van der Waals surface area contributed by atoms with Gasteiger partial charge in [-0.05, 0) is 37.1 Å². The van der Waals surface area contributed by atoms with Gasteiger partial charge in [-0.2, -0.15) is 5.10 Å². The Morgan fingerprint density at radius 3 is 3.19 bits per heavy atom. The molecule has 7 heteroatoms. The van der Waals surface area contributed by atoms with Gasteiger partial charge in [-0.15, -0.1) is 0 Å². The number of benzene rings is 1. The number of aromatic amines is 1. The summed E-state index contributed by atoms with van der Waals surface area (Å²) in [4.78, 5) is 23.0. The molecule has 1 saturated heterocycles. The van der Waals surface area contributed by atoms with E-state index in [1.165, 1.54) is 5.56 Å². The normalized spacial score (nSPS) is 18.0. The van der Waals surface area contributed by atoms with Crippen LogP contribution in [0.3, 0.4) is 0 Å². The van der Waals surface area contributed by atoms with Crippen LogP contribution in [-0.2, 0) is 11.2 Å². The number of aryl methyl sites for hydroxylation is 1. The number of nitrogens with zero attached hydrogens (tertiary/aromatic N) is 4. The zero-order valence-corrected chi connectivity index (χ0v) is 14.7. The number of nitrogens with one attached hydrogen (secondary N) is 1. The lowest BCUT2D eigenvalue weighted by Gasteiger charge is -2.23. The van der Waals surface area contributed by atoms with Crippen LogP contribution in [0.15, 0.2) is 36.7 Å². The Labute approximate surface area is 151 Å². The van der Waals surface area contributed by atoms with E-state index < -0.39 is 0 Å². The van der Waals surface area contributed by atoms with Gasteiger partial charge in [0.15, 0.2) is 0 Å². The molecule has 4 rings (SSSR count). The lowest BCUT2D eigenvalue weighted by atomic mass is 9.98. The molecule has 0 bridgehead atoms. The number of hydrogen-bond donors (Lipinski definition) is 1. The zero-order chi connectivity index (χ0) is 17.9. The number of fused-ring (bicyclic) bond motifs is 1. The number of amides is 1. The summed E-state index contributed by atoms with van der Waals surface area (Å²) in [6.45, 7) is 4.23. The predicted molar refractivity (Wildman–Crippen MR) is 96.8 cm³/mol. The van der Waals surface area contributed by atoms with E-state index in [9.17, 15) is 4.79 Å². The van der Waals surface area contributed by atoms with Crippen molar-refractivity contribution in [2.45, 2.75) is 13.3 Å². The first kappa shape index (κ1) is 16.7. The molecule has 1 atom stereocenters. The van der Waals surface area contributed by atoms with Gasteiger partial charge in [0, 0.05) is 30.6 Å². The highest BCUT2D eigenvalue weighted by atomic mass is 16.5. The topological polar surface area (TPSA) is 84.0 Å². The summed E-state index contributed by atoms with van der Waals surface area (Å²) in [5, 5.41) is 8.13. The van der Waals surface area contributed by atoms with Crippen LogP contribution in [0.5, 0.6) is 0 Å². The van der Waals surface area contributed by atoms with E-state index in [4.69, 9.17) is 4.74 Å². The van der Waals surface area contributed by atoms with Gasteiger partial charge in [0.1, 0.15) is 11.5 Å². The van der Waals surface area contributed by atoms with Crippen molar-refractivity contribution in [2.24, 2.45) is 5.92 Å². The number of ether oxygens (including phenoxy) is 1. The van der Waals surface area contributed by atoms with Crippen molar-refractivity contribution in [3.8, 4) is 0 Å². The molecule has 0 radical (unpaired) electrons. The smallest absolute Gasteiger partial charge is 0.272 e. The third kappa shape index (κ3) is 3.57. The maximum absolute atomic E-state index is 12.8. The van der Waals surface area contributed by atoms with E-state index in [2.05, 4.69) is 32.3 Å². The molecule has 1 unspecified atom stereocenters. The number of carbonyl (C=O) groups excluding carboxylic acids is 1. The minimum atomic E-state index is -0.0590. The van der Waals surface area contributed by atoms with Crippen molar-refractivity contribution < 1.29 is 9.53 Å². The highest BCUT2D eigenvalue weighted by molar-refractivity contribution is 5.92. The molecule has 2 aromatic heterocycles. The van der Waals surface area contributed by atoms with Crippen molar-refractivity contribution in [2.75, 3.05) is 26.3 Å². The zero-order valence-electron chi connectivity index (χ0n) is 14.7. The Hall–Kier alpha value is -2.80. The van der Waals surface area contributed by atoms with Crippen LogP contribution in [0.1, 0.15) is 21.9 Å². The SMILES string of the molecule is Cc1nccc(C(=O)N2CCOCC(Cc3ccc4[nH]ncc4c3)C2)n1. The lowest BCUT2D eigenvalue weighted by Crippen LogP contribution is -2.37. The van der Waals surface area contributed by atoms with Crippen molar-refractivity contribution in [1.82, 2.24) is 25.1 Å². The number of H-pyrrole nitrogens is 1. The number of rotatable bonds is 3. The minimum Gasteiger partial charge on any atom is -0.379 e. The third-order valence-corrected chi connectivity index (χ3v) is 4.65. The predicted octanol–water partition coefficient (Wildman–Crippen LogP) is 1.99. The van der Waals surface area contributed by atoms with Crippen LogP contribution in [0.2, 0.25) is 0 Å². The van der Waals surface area contributed by atoms with Gasteiger partial charge in [-0.3, -0.25) is 9.89 Å². The maximum atomic E-state index is 12.8. The van der Waals surface area contributed by atoms with Gasteiger partial charge in [0.2, 0.25) is 0 Å². The maximum Gasteiger partial charge on any atom is 0.272 e. The third-order valence-electron chi connectivity index (χ3n) is 4.65. The Balaban J connectivity index is 1.49. The van der Waals surface area contributed by atoms with E-state index >= 15 is 0 Å². The van der Waals surface area contributed by atoms with E-state index in [0.717, 1.165) is 17.3 Å². The van der Waals surface area contributed by atoms with Crippen LogP contribution in [0.4, 0.5) is 0 Å². The Morgan fingerprint density at radius 1 is 1.38 bits per heavy atom. The monoisotopic (exact) mass is 351 g/mol. The summed E-state index contributed by atoms with van der Waals surface area (Å²) in [6, 6.07) is 7.96. The summed E-state index contributed by atoms with van der Waals surface area (Å²) in [6.07, 6.45) is 4.31. The Bertz CT molecular complexity index is 923. The summed E-state index contributed by atoms with van der Waals surface area (Å²) in [5.74, 6) is 0.789. The van der Waals surface area contributed by atoms with Gasteiger partial charge >= 0.3 is 0 Å². The average molecular weight is 351 g/mol. The number of carbonyl (C=O) groups is 1. The second-order valence-corrected chi connectivity index (χ2v) is 6.68. The molecule has 26 heavy (non-hydrogen) atoms. The summed E-state index contributed by atoms with van der Waals surface area (Å²) in [7, 11) is 0. The number of aromatic nitrogens is 4. The molecule has 1 aliphatic heterocycles. The van der Waals surface area contributed by atoms with Gasteiger partial charge < -0.3 is 9.64 Å².